The van der Waals surface area contributed by atoms with Gasteiger partial charge in [-0.1, -0.05) is 11.6 Å². The highest BCUT2D eigenvalue weighted by Gasteiger charge is 2.34. The van der Waals surface area contributed by atoms with Gasteiger partial charge in [0.1, 0.15) is 0 Å². The van der Waals surface area contributed by atoms with E-state index >= 15 is 0 Å². The Balaban J connectivity index is 1.80. The standard InChI is InChI=1S/C14H19ClN4O/c1-8-9(2)14(18-17-13(8)15)19-6-5-11-10(7-19)3-4-12(20)16-11/h10-11H,3-7H2,1-2H3,(H,16,20). The van der Waals surface area contributed by atoms with Gasteiger partial charge in [0, 0.05) is 25.6 Å². The van der Waals surface area contributed by atoms with Crippen molar-refractivity contribution in [2.75, 3.05) is 18.0 Å². The number of hydrogen-bond acceptors (Lipinski definition) is 4. The van der Waals surface area contributed by atoms with E-state index in [1.165, 1.54) is 0 Å². The molecule has 2 unspecified atom stereocenters. The molecule has 1 aromatic rings. The molecule has 0 bridgehead atoms. The van der Waals surface area contributed by atoms with Gasteiger partial charge >= 0.3 is 0 Å². The summed E-state index contributed by atoms with van der Waals surface area (Å²) in [6.45, 7) is 5.85. The molecule has 3 heterocycles. The molecule has 20 heavy (non-hydrogen) atoms. The number of piperidine rings is 2. The summed E-state index contributed by atoms with van der Waals surface area (Å²) < 4.78 is 0. The third-order valence-electron chi connectivity index (χ3n) is 4.56. The van der Waals surface area contributed by atoms with E-state index in [-0.39, 0.29) is 5.91 Å². The lowest BCUT2D eigenvalue weighted by Gasteiger charge is -2.42. The van der Waals surface area contributed by atoms with Gasteiger partial charge in [-0.2, -0.15) is 0 Å². The molecule has 0 spiro atoms. The molecule has 1 amide bonds. The van der Waals surface area contributed by atoms with Crippen LogP contribution in [-0.4, -0.2) is 35.2 Å². The van der Waals surface area contributed by atoms with Crippen molar-refractivity contribution < 1.29 is 4.79 Å². The number of fused-ring (bicyclic) bond motifs is 1. The van der Waals surface area contributed by atoms with Crippen LogP contribution in [0.15, 0.2) is 0 Å². The fraction of sp³-hybridized carbons (Fsp3) is 0.643. The first-order valence-electron chi connectivity index (χ1n) is 7.10. The number of amides is 1. The van der Waals surface area contributed by atoms with Gasteiger partial charge in [-0.05, 0) is 43.7 Å². The van der Waals surface area contributed by atoms with Gasteiger partial charge in [0.05, 0.1) is 0 Å². The van der Waals surface area contributed by atoms with Crippen molar-refractivity contribution in [1.29, 1.82) is 0 Å². The molecule has 0 aromatic carbocycles. The van der Waals surface area contributed by atoms with Gasteiger partial charge in [0.2, 0.25) is 5.91 Å². The number of rotatable bonds is 1. The first-order chi connectivity index (χ1) is 9.56. The molecule has 3 rings (SSSR count). The second kappa shape index (κ2) is 5.20. The van der Waals surface area contributed by atoms with E-state index in [1.807, 2.05) is 13.8 Å². The first kappa shape index (κ1) is 13.6. The van der Waals surface area contributed by atoms with E-state index in [0.29, 0.717) is 23.5 Å². The van der Waals surface area contributed by atoms with Gasteiger partial charge in [0.15, 0.2) is 11.0 Å². The second-order valence-electron chi connectivity index (χ2n) is 5.77. The lowest BCUT2D eigenvalue weighted by molar-refractivity contribution is -0.124. The van der Waals surface area contributed by atoms with E-state index in [1.54, 1.807) is 0 Å². The van der Waals surface area contributed by atoms with Crippen LogP contribution < -0.4 is 10.2 Å². The third-order valence-corrected chi connectivity index (χ3v) is 4.92. The molecular weight excluding hydrogens is 276 g/mol. The van der Waals surface area contributed by atoms with E-state index in [0.717, 1.165) is 42.9 Å². The van der Waals surface area contributed by atoms with Crippen LogP contribution in [0.2, 0.25) is 5.15 Å². The molecule has 0 saturated carbocycles. The average molecular weight is 295 g/mol. The lowest BCUT2D eigenvalue weighted by Crippen LogP contribution is -2.54. The highest BCUT2D eigenvalue weighted by atomic mass is 35.5. The Morgan fingerprint density at radius 1 is 1.25 bits per heavy atom. The monoisotopic (exact) mass is 294 g/mol. The molecule has 1 N–H and O–H groups in total. The minimum atomic E-state index is 0.193. The predicted molar refractivity (Wildman–Crippen MR) is 78.0 cm³/mol. The maximum absolute atomic E-state index is 11.4. The van der Waals surface area contributed by atoms with Crippen LogP contribution >= 0.6 is 11.6 Å². The molecule has 5 nitrogen and oxygen atoms in total. The van der Waals surface area contributed by atoms with Gasteiger partial charge in [0.25, 0.3) is 0 Å². The summed E-state index contributed by atoms with van der Waals surface area (Å²) in [4.78, 5) is 13.7. The molecule has 1 aromatic heterocycles. The molecule has 6 heteroatoms. The van der Waals surface area contributed by atoms with E-state index < -0.39 is 0 Å². The maximum atomic E-state index is 11.4. The number of carbonyl (C=O) groups is 1. The molecule has 108 valence electrons. The molecular formula is C14H19ClN4O. The number of carbonyl (C=O) groups excluding carboxylic acids is 1. The largest absolute Gasteiger partial charge is 0.354 e. The fourth-order valence-corrected chi connectivity index (χ4v) is 3.35. The Labute approximate surface area is 123 Å². The van der Waals surface area contributed by atoms with Crippen LogP contribution in [0.1, 0.15) is 30.4 Å². The number of aromatic nitrogens is 2. The van der Waals surface area contributed by atoms with E-state index in [9.17, 15) is 4.79 Å². The van der Waals surface area contributed by atoms with Crippen molar-refractivity contribution in [3.05, 3.63) is 16.3 Å². The van der Waals surface area contributed by atoms with E-state index in [2.05, 4.69) is 20.4 Å². The minimum absolute atomic E-state index is 0.193. The van der Waals surface area contributed by atoms with Gasteiger partial charge in [-0.15, -0.1) is 10.2 Å². The molecule has 2 saturated heterocycles. The van der Waals surface area contributed by atoms with Crippen LogP contribution in [0.4, 0.5) is 5.82 Å². The van der Waals surface area contributed by atoms with Crippen molar-refractivity contribution in [2.45, 2.75) is 39.2 Å². The summed E-state index contributed by atoms with van der Waals surface area (Å²) in [7, 11) is 0. The summed E-state index contributed by atoms with van der Waals surface area (Å²) in [5, 5.41) is 11.9. The highest BCUT2D eigenvalue weighted by Crippen LogP contribution is 2.30. The van der Waals surface area contributed by atoms with E-state index in [4.69, 9.17) is 11.6 Å². The van der Waals surface area contributed by atoms with Crippen molar-refractivity contribution in [3.8, 4) is 0 Å². The summed E-state index contributed by atoms with van der Waals surface area (Å²) in [5.41, 5.74) is 2.10. The quantitative estimate of drug-likeness (QED) is 0.859. The van der Waals surface area contributed by atoms with Gasteiger partial charge < -0.3 is 10.2 Å². The molecule has 2 aliphatic heterocycles. The first-order valence-corrected chi connectivity index (χ1v) is 7.47. The summed E-state index contributed by atoms with van der Waals surface area (Å²) >= 11 is 6.01. The van der Waals surface area contributed by atoms with Crippen LogP contribution in [0.3, 0.4) is 0 Å². The molecule has 0 radical (unpaired) electrons. The normalized spacial score (nSPS) is 26.1. The number of nitrogens with zero attached hydrogens (tertiary/aromatic N) is 3. The fourth-order valence-electron chi connectivity index (χ4n) is 3.17. The zero-order valence-electron chi connectivity index (χ0n) is 11.8. The van der Waals surface area contributed by atoms with Crippen LogP contribution in [-0.2, 0) is 4.79 Å². The smallest absolute Gasteiger partial charge is 0.220 e. The van der Waals surface area contributed by atoms with Crippen molar-refractivity contribution in [2.24, 2.45) is 5.92 Å². The van der Waals surface area contributed by atoms with Crippen molar-refractivity contribution in [3.63, 3.8) is 0 Å². The maximum Gasteiger partial charge on any atom is 0.220 e. The topological polar surface area (TPSA) is 58.1 Å². The van der Waals surface area contributed by atoms with Crippen molar-refractivity contribution in [1.82, 2.24) is 15.5 Å². The molecule has 2 aliphatic rings. The Bertz CT molecular complexity index is 548. The molecule has 2 fully saturated rings. The SMILES string of the molecule is Cc1c(Cl)nnc(N2CCC3NC(=O)CCC3C2)c1C. The number of hydrogen-bond donors (Lipinski definition) is 1. The zero-order valence-corrected chi connectivity index (χ0v) is 12.6. The van der Waals surface area contributed by atoms with Gasteiger partial charge in [-0.25, -0.2) is 0 Å². The Morgan fingerprint density at radius 3 is 2.85 bits per heavy atom. The molecule has 2 atom stereocenters. The number of anilines is 1. The zero-order chi connectivity index (χ0) is 14.3. The van der Waals surface area contributed by atoms with Crippen LogP contribution in [0, 0.1) is 19.8 Å². The van der Waals surface area contributed by atoms with Crippen LogP contribution in [0.5, 0.6) is 0 Å². The number of halogens is 1. The predicted octanol–water partition coefficient (Wildman–Crippen LogP) is 1.85. The number of nitrogens with one attached hydrogen (secondary N) is 1. The van der Waals surface area contributed by atoms with Crippen molar-refractivity contribution >= 4 is 23.3 Å². The average Bonchev–Trinajstić information content (AvgIpc) is 2.44. The second-order valence-corrected chi connectivity index (χ2v) is 6.13. The summed E-state index contributed by atoms with van der Waals surface area (Å²) in [6.07, 6.45) is 2.57. The highest BCUT2D eigenvalue weighted by molar-refractivity contribution is 6.30. The van der Waals surface area contributed by atoms with Gasteiger partial charge in [-0.3, -0.25) is 4.79 Å². The third kappa shape index (κ3) is 2.35. The molecule has 0 aliphatic carbocycles. The lowest BCUT2D eigenvalue weighted by atomic mass is 9.85. The summed E-state index contributed by atoms with van der Waals surface area (Å²) in [5.74, 6) is 1.64. The Morgan fingerprint density at radius 2 is 2.05 bits per heavy atom. The Hall–Kier alpha value is -1.36. The van der Waals surface area contributed by atoms with Crippen LogP contribution in [0.25, 0.3) is 0 Å². The minimum Gasteiger partial charge on any atom is -0.354 e. The summed E-state index contributed by atoms with van der Waals surface area (Å²) in [6, 6.07) is 0.328. The Kier molecular flexibility index (Phi) is 3.54.